The van der Waals surface area contributed by atoms with Gasteiger partial charge in [0.25, 0.3) is 0 Å². The maximum Gasteiger partial charge on any atom is 0.334 e. The van der Waals surface area contributed by atoms with Gasteiger partial charge in [-0.25, -0.2) is 17.6 Å². The number of ether oxygens (including phenoxy) is 1. The number of carbonyl (C=O) groups excluding carboxylic acids is 1. The second-order valence-electron chi connectivity index (χ2n) is 11.7. The number of nitrogens with zero attached hydrogens (tertiary/aromatic N) is 2. The topological polar surface area (TPSA) is 108 Å². The molecule has 1 N–H and O–H groups in total. The van der Waals surface area contributed by atoms with Crippen LogP contribution in [0.1, 0.15) is 70.3 Å². The van der Waals surface area contributed by atoms with E-state index in [4.69, 9.17) is 4.74 Å². The number of hydrogen-bond donors (Lipinski definition) is 1. The predicted octanol–water partition coefficient (Wildman–Crippen LogP) is 4.65. The number of Topliss-reactive ketones (excluding diaryl/α,β-unsaturated/α-hetero) is 1. The van der Waals surface area contributed by atoms with Crippen LogP contribution in [0.4, 0.5) is 4.39 Å². The van der Waals surface area contributed by atoms with Crippen LogP contribution in [0.2, 0.25) is 0 Å². The number of alkyl halides is 1. The number of halogens is 1. The van der Waals surface area contributed by atoms with E-state index in [-0.39, 0.29) is 30.3 Å². The predicted molar refractivity (Wildman–Crippen MR) is 150 cm³/mol. The van der Waals surface area contributed by atoms with Gasteiger partial charge in [0.05, 0.1) is 39.9 Å². The normalized spacial score (nSPS) is 18.5. The highest BCUT2D eigenvalue weighted by Gasteiger charge is 2.35. The molecule has 3 aromatic rings. The standard InChI is InChI=1S/C29H37FN2O6S/c1-19(30)18-38-23-8-6-7-22(16-23)32-24-10-9-21(15-25(24)31(27(32)34)20(2)28(3,4)35)26(33)17-29(5)11-13-39(36,37)14-12-29/h6-10,15-16,19-20,35H,11-14,17-18H2,1-5H3/t19?,20-/m0/s1. The molecule has 0 saturated carbocycles. The minimum Gasteiger partial charge on any atom is -0.490 e. The number of carbonyl (C=O) groups is 1. The highest BCUT2D eigenvalue weighted by Crippen LogP contribution is 2.37. The molecule has 1 aliphatic rings. The first-order chi connectivity index (χ1) is 18.1. The van der Waals surface area contributed by atoms with E-state index < -0.39 is 38.8 Å². The van der Waals surface area contributed by atoms with Crippen molar-refractivity contribution in [2.75, 3.05) is 18.1 Å². The van der Waals surface area contributed by atoms with E-state index in [1.165, 1.54) is 16.1 Å². The van der Waals surface area contributed by atoms with Gasteiger partial charge in [0, 0.05) is 18.1 Å². The Kier molecular flexibility index (Phi) is 7.84. The summed E-state index contributed by atoms with van der Waals surface area (Å²) in [6.45, 7) is 8.20. The fraction of sp³-hybridized carbons (Fsp3) is 0.517. The van der Waals surface area contributed by atoms with Crippen LogP contribution in [0.5, 0.6) is 5.75 Å². The monoisotopic (exact) mass is 560 g/mol. The summed E-state index contributed by atoms with van der Waals surface area (Å²) in [4.78, 5) is 27.2. The summed E-state index contributed by atoms with van der Waals surface area (Å²) in [5.41, 5.74) is -0.109. The lowest BCUT2D eigenvalue weighted by Crippen LogP contribution is -2.37. The first-order valence-corrected chi connectivity index (χ1v) is 15.0. The summed E-state index contributed by atoms with van der Waals surface area (Å²) in [6.07, 6.45) is -0.0894. The van der Waals surface area contributed by atoms with Gasteiger partial charge in [-0.2, -0.15) is 0 Å². The molecule has 4 rings (SSSR count). The molecule has 2 aromatic carbocycles. The number of ketones is 1. The van der Waals surface area contributed by atoms with Crippen LogP contribution in [0.3, 0.4) is 0 Å². The van der Waals surface area contributed by atoms with Crippen LogP contribution in [0.25, 0.3) is 16.7 Å². The van der Waals surface area contributed by atoms with Crippen LogP contribution in [-0.4, -0.2) is 58.3 Å². The van der Waals surface area contributed by atoms with Gasteiger partial charge in [0.2, 0.25) is 0 Å². The zero-order valence-corrected chi connectivity index (χ0v) is 23.9. The third kappa shape index (κ3) is 6.27. The zero-order valence-electron chi connectivity index (χ0n) is 23.1. The Balaban J connectivity index is 1.79. The first-order valence-electron chi connectivity index (χ1n) is 13.2. The lowest BCUT2D eigenvalue weighted by Gasteiger charge is -2.32. The van der Waals surface area contributed by atoms with E-state index in [9.17, 15) is 27.5 Å². The molecule has 8 nitrogen and oxygen atoms in total. The molecule has 2 heterocycles. The summed E-state index contributed by atoms with van der Waals surface area (Å²) >= 11 is 0. The lowest BCUT2D eigenvalue weighted by atomic mass is 9.78. The van der Waals surface area contributed by atoms with E-state index in [1.807, 2.05) is 6.92 Å². The largest absolute Gasteiger partial charge is 0.490 e. The van der Waals surface area contributed by atoms with E-state index in [1.54, 1.807) is 63.2 Å². The van der Waals surface area contributed by atoms with Crippen molar-refractivity contribution in [3.63, 3.8) is 0 Å². The molecule has 1 fully saturated rings. The summed E-state index contributed by atoms with van der Waals surface area (Å²) in [5.74, 6) is 0.440. The molecule has 1 unspecified atom stereocenters. The average Bonchev–Trinajstić information content (AvgIpc) is 3.14. The van der Waals surface area contributed by atoms with Crippen LogP contribution < -0.4 is 10.4 Å². The van der Waals surface area contributed by atoms with E-state index in [0.29, 0.717) is 40.9 Å². The second-order valence-corrected chi connectivity index (χ2v) is 14.0. The summed E-state index contributed by atoms with van der Waals surface area (Å²) in [5, 5.41) is 10.8. The minimum atomic E-state index is -3.06. The SMILES string of the molecule is CC(F)COc1cccc(-n2c(=O)n([C@@H](C)C(C)(C)O)c3cc(C(=O)CC4(C)CCS(=O)(=O)CC4)ccc32)c1. The second kappa shape index (κ2) is 10.5. The third-order valence-corrected chi connectivity index (χ3v) is 9.43. The number of imidazole rings is 1. The Morgan fingerprint density at radius 3 is 2.41 bits per heavy atom. The number of aromatic nitrogens is 2. The van der Waals surface area contributed by atoms with E-state index in [0.717, 1.165) is 0 Å². The fourth-order valence-corrected chi connectivity index (χ4v) is 6.76. The van der Waals surface area contributed by atoms with Crippen molar-refractivity contribution in [2.24, 2.45) is 5.41 Å². The highest BCUT2D eigenvalue weighted by molar-refractivity contribution is 7.91. The maximum absolute atomic E-state index is 13.8. The molecule has 1 aliphatic heterocycles. The van der Waals surface area contributed by atoms with Gasteiger partial charge in [-0.05, 0) is 76.3 Å². The molecule has 1 saturated heterocycles. The Morgan fingerprint density at radius 2 is 1.79 bits per heavy atom. The quantitative estimate of drug-likeness (QED) is 0.382. The van der Waals surface area contributed by atoms with Gasteiger partial charge in [-0.3, -0.25) is 13.9 Å². The number of aliphatic hydroxyl groups is 1. The zero-order chi connectivity index (χ0) is 28.8. The van der Waals surface area contributed by atoms with Crippen molar-refractivity contribution in [3.8, 4) is 11.4 Å². The van der Waals surface area contributed by atoms with Gasteiger partial charge in [0.15, 0.2) is 5.78 Å². The number of benzene rings is 2. The van der Waals surface area contributed by atoms with Crippen molar-refractivity contribution in [1.82, 2.24) is 9.13 Å². The molecule has 0 amide bonds. The average molecular weight is 561 g/mol. The third-order valence-electron chi connectivity index (χ3n) is 7.78. The Hall–Kier alpha value is -2.98. The Labute approximate surface area is 228 Å². The van der Waals surface area contributed by atoms with Crippen LogP contribution >= 0.6 is 0 Å². The molecular weight excluding hydrogens is 523 g/mol. The van der Waals surface area contributed by atoms with Crippen molar-refractivity contribution in [3.05, 3.63) is 58.5 Å². The minimum absolute atomic E-state index is 0.0777. The Bertz CT molecular complexity index is 1530. The number of sulfone groups is 1. The fourth-order valence-electron chi connectivity index (χ4n) is 4.95. The molecule has 0 aliphatic carbocycles. The van der Waals surface area contributed by atoms with Gasteiger partial charge in [-0.15, -0.1) is 0 Å². The van der Waals surface area contributed by atoms with Gasteiger partial charge >= 0.3 is 5.69 Å². The maximum atomic E-state index is 13.8. The summed E-state index contributed by atoms with van der Waals surface area (Å²) < 4.78 is 45.6. The molecule has 0 spiro atoms. The van der Waals surface area contributed by atoms with Crippen LogP contribution in [0.15, 0.2) is 47.3 Å². The van der Waals surface area contributed by atoms with Crippen LogP contribution in [-0.2, 0) is 9.84 Å². The first kappa shape index (κ1) is 29.0. The molecule has 0 radical (unpaired) electrons. The number of rotatable bonds is 9. The summed E-state index contributed by atoms with van der Waals surface area (Å²) in [7, 11) is -3.06. The Morgan fingerprint density at radius 1 is 1.13 bits per heavy atom. The van der Waals surface area contributed by atoms with E-state index >= 15 is 0 Å². The number of hydrogen-bond acceptors (Lipinski definition) is 6. The lowest BCUT2D eigenvalue weighted by molar-refractivity contribution is 0.0307. The highest BCUT2D eigenvalue weighted by atomic mass is 32.2. The van der Waals surface area contributed by atoms with Crippen molar-refractivity contribution in [2.45, 2.75) is 71.7 Å². The molecule has 212 valence electrons. The smallest absolute Gasteiger partial charge is 0.334 e. The molecule has 39 heavy (non-hydrogen) atoms. The molecule has 2 atom stereocenters. The van der Waals surface area contributed by atoms with Crippen molar-refractivity contribution < 1.29 is 27.4 Å². The van der Waals surface area contributed by atoms with E-state index in [2.05, 4.69) is 0 Å². The van der Waals surface area contributed by atoms with Crippen LogP contribution in [0, 0.1) is 5.41 Å². The van der Waals surface area contributed by atoms with Crippen molar-refractivity contribution >= 4 is 26.7 Å². The summed E-state index contributed by atoms with van der Waals surface area (Å²) in [6, 6.07) is 11.2. The number of fused-ring (bicyclic) bond motifs is 1. The van der Waals surface area contributed by atoms with Gasteiger partial charge < -0.3 is 9.84 Å². The molecule has 0 bridgehead atoms. The van der Waals surface area contributed by atoms with Crippen molar-refractivity contribution in [1.29, 1.82) is 0 Å². The van der Waals surface area contributed by atoms with Gasteiger partial charge in [-0.1, -0.05) is 13.0 Å². The molecule has 10 heteroatoms. The molecule has 1 aromatic heterocycles. The molecular formula is C29H37FN2O6S. The van der Waals surface area contributed by atoms with Gasteiger partial charge in [0.1, 0.15) is 28.4 Å².